The summed E-state index contributed by atoms with van der Waals surface area (Å²) >= 11 is 0. The van der Waals surface area contributed by atoms with Crippen LogP contribution in [0.5, 0.6) is 0 Å². The van der Waals surface area contributed by atoms with Crippen molar-refractivity contribution in [3.8, 4) is 6.07 Å². The first-order valence-corrected chi connectivity index (χ1v) is 10.2. The first-order chi connectivity index (χ1) is 15.3. The predicted molar refractivity (Wildman–Crippen MR) is 109 cm³/mol. The average Bonchev–Trinajstić information content (AvgIpc) is 2.78. The van der Waals surface area contributed by atoms with Gasteiger partial charge in [0.2, 0.25) is 0 Å². The Morgan fingerprint density at radius 3 is 2.06 bits per heavy atom. The summed E-state index contributed by atoms with van der Waals surface area (Å²) < 4.78 is 85.1. The fraction of sp³-hybridized carbons (Fsp3) is 0.435. The smallest absolute Gasteiger partial charge is 0.372 e. The number of nitriles is 1. The Bertz CT molecular complexity index is 973. The normalized spacial score (nSPS) is 24.8. The number of nitrogens with zero attached hydrogens (tertiary/aromatic N) is 1. The molecule has 0 aliphatic carbocycles. The van der Waals surface area contributed by atoms with Gasteiger partial charge in [-0.05, 0) is 49.1 Å². The zero-order chi connectivity index (χ0) is 24.5. The molecular weight excluding hydrogens is 448 g/mol. The Balaban J connectivity index is 1.88. The summed E-state index contributed by atoms with van der Waals surface area (Å²) in [4.78, 5) is 0. The lowest BCUT2D eigenvalue weighted by molar-refractivity contribution is -0.143. The average molecular weight is 471 g/mol. The number of benzene rings is 2. The molecule has 33 heavy (non-hydrogen) atoms. The number of nitrogens with two attached hydrogens (primary N) is 1. The molecule has 4 nitrogen and oxygen atoms in total. The van der Waals surface area contributed by atoms with Gasteiger partial charge in [0.15, 0.2) is 0 Å². The number of ether oxygens (including phenoxy) is 1. The SMILES string of the molecule is C[C@@H](OC[C@@]1(c2ccccc2)CC[C@](N)(C#N)CN1)c1cc(C(F)(F)F)cc(C(F)(F)F)c1. The molecule has 3 rings (SSSR count). The fourth-order valence-corrected chi connectivity index (χ4v) is 3.82. The van der Waals surface area contributed by atoms with Crippen molar-refractivity contribution in [3.63, 3.8) is 0 Å². The van der Waals surface area contributed by atoms with Crippen LogP contribution in [0.25, 0.3) is 0 Å². The lowest BCUT2D eigenvalue weighted by Crippen LogP contribution is -2.61. The number of piperidine rings is 1. The molecule has 0 unspecified atom stereocenters. The van der Waals surface area contributed by atoms with Crippen LogP contribution in [0.15, 0.2) is 48.5 Å². The number of halogens is 6. The van der Waals surface area contributed by atoms with Gasteiger partial charge in [0.25, 0.3) is 0 Å². The Morgan fingerprint density at radius 2 is 1.61 bits per heavy atom. The Kier molecular flexibility index (Phi) is 6.80. The number of nitrogens with one attached hydrogen (secondary N) is 1. The van der Waals surface area contributed by atoms with Crippen LogP contribution in [0, 0.1) is 11.3 Å². The highest BCUT2D eigenvalue weighted by Gasteiger charge is 2.43. The maximum absolute atomic E-state index is 13.2. The van der Waals surface area contributed by atoms with Crippen LogP contribution in [0.1, 0.15) is 48.1 Å². The topological polar surface area (TPSA) is 71.1 Å². The van der Waals surface area contributed by atoms with Gasteiger partial charge in [0.1, 0.15) is 5.54 Å². The first kappa shape index (κ1) is 25.0. The first-order valence-electron chi connectivity index (χ1n) is 10.2. The molecule has 1 fully saturated rings. The molecule has 0 spiro atoms. The molecule has 0 amide bonds. The van der Waals surface area contributed by atoms with E-state index in [1.165, 1.54) is 6.92 Å². The molecule has 178 valence electrons. The van der Waals surface area contributed by atoms with Gasteiger partial charge in [-0.3, -0.25) is 0 Å². The standard InChI is InChI=1S/C23H23F6N3O/c1-15(16-9-18(22(24,25)26)11-19(10-16)23(27,28)29)33-14-21(17-5-3-2-4-6-17)8-7-20(31,12-30)13-32-21/h2-6,9-11,15,32H,7-8,13-14,31H2,1H3/t15-,20+,21-/m1/s1. The molecule has 0 bridgehead atoms. The van der Waals surface area contributed by atoms with E-state index < -0.39 is 40.7 Å². The van der Waals surface area contributed by atoms with E-state index in [0.29, 0.717) is 25.0 Å². The van der Waals surface area contributed by atoms with Crippen molar-refractivity contribution in [2.75, 3.05) is 13.2 Å². The molecule has 1 aliphatic heterocycles. The van der Waals surface area contributed by atoms with E-state index in [-0.39, 0.29) is 24.8 Å². The van der Waals surface area contributed by atoms with Gasteiger partial charge in [-0.2, -0.15) is 31.6 Å². The highest BCUT2D eigenvalue weighted by molar-refractivity contribution is 5.35. The molecule has 3 N–H and O–H groups in total. The predicted octanol–water partition coefficient (Wildman–Crippen LogP) is 5.30. The Labute approximate surface area is 187 Å². The maximum Gasteiger partial charge on any atom is 0.416 e. The van der Waals surface area contributed by atoms with E-state index in [0.717, 1.165) is 5.56 Å². The van der Waals surface area contributed by atoms with Crippen LogP contribution in [0.3, 0.4) is 0 Å². The molecule has 10 heteroatoms. The molecule has 0 radical (unpaired) electrons. The van der Waals surface area contributed by atoms with Crippen LogP contribution >= 0.6 is 0 Å². The third-order valence-corrected chi connectivity index (χ3v) is 5.95. The largest absolute Gasteiger partial charge is 0.416 e. The molecule has 1 heterocycles. The van der Waals surface area contributed by atoms with E-state index in [1.54, 1.807) is 12.1 Å². The Morgan fingerprint density at radius 1 is 1.03 bits per heavy atom. The number of hydrogen-bond acceptors (Lipinski definition) is 4. The highest BCUT2D eigenvalue weighted by atomic mass is 19.4. The van der Waals surface area contributed by atoms with Crippen LogP contribution in [0.2, 0.25) is 0 Å². The van der Waals surface area contributed by atoms with Gasteiger partial charge in [-0.1, -0.05) is 30.3 Å². The minimum absolute atomic E-state index is 0.0444. The van der Waals surface area contributed by atoms with Gasteiger partial charge in [0.05, 0.1) is 35.4 Å². The minimum atomic E-state index is -4.94. The summed E-state index contributed by atoms with van der Waals surface area (Å²) in [5.74, 6) is 0. The van der Waals surface area contributed by atoms with E-state index in [4.69, 9.17) is 10.5 Å². The number of hydrogen-bond donors (Lipinski definition) is 2. The summed E-state index contributed by atoms with van der Waals surface area (Å²) in [6.07, 6.45) is -10.2. The molecule has 1 saturated heterocycles. The van der Waals surface area contributed by atoms with E-state index >= 15 is 0 Å². The van der Waals surface area contributed by atoms with Gasteiger partial charge < -0.3 is 15.8 Å². The van der Waals surface area contributed by atoms with Crippen LogP contribution in [-0.4, -0.2) is 18.7 Å². The Hall–Kier alpha value is -2.61. The quantitative estimate of drug-likeness (QED) is 0.581. The summed E-state index contributed by atoms with van der Waals surface area (Å²) in [5.41, 5.74) is 1.96. The summed E-state index contributed by atoms with van der Waals surface area (Å²) in [7, 11) is 0. The molecular formula is C23H23F6N3O. The van der Waals surface area contributed by atoms with Crippen molar-refractivity contribution in [2.24, 2.45) is 5.73 Å². The monoisotopic (exact) mass is 471 g/mol. The second-order valence-electron chi connectivity index (χ2n) is 8.36. The van der Waals surface area contributed by atoms with Crippen molar-refractivity contribution < 1.29 is 31.1 Å². The van der Waals surface area contributed by atoms with Crippen molar-refractivity contribution in [3.05, 3.63) is 70.8 Å². The van der Waals surface area contributed by atoms with Crippen molar-refractivity contribution in [1.29, 1.82) is 5.26 Å². The summed E-state index contributed by atoms with van der Waals surface area (Å²) in [6, 6.07) is 12.6. The van der Waals surface area contributed by atoms with Crippen LogP contribution < -0.4 is 11.1 Å². The summed E-state index contributed by atoms with van der Waals surface area (Å²) in [6.45, 7) is 1.51. The minimum Gasteiger partial charge on any atom is -0.372 e. The van der Waals surface area contributed by atoms with Gasteiger partial charge in [-0.15, -0.1) is 0 Å². The molecule has 2 aromatic carbocycles. The van der Waals surface area contributed by atoms with Crippen molar-refractivity contribution >= 4 is 0 Å². The van der Waals surface area contributed by atoms with Crippen LogP contribution in [-0.2, 0) is 22.6 Å². The molecule has 2 aromatic rings. The molecule has 3 atom stereocenters. The highest BCUT2D eigenvalue weighted by Crippen LogP contribution is 2.39. The van der Waals surface area contributed by atoms with Crippen molar-refractivity contribution in [1.82, 2.24) is 5.32 Å². The van der Waals surface area contributed by atoms with Crippen molar-refractivity contribution in [2.45, 2.75) is 49.3 Å². The van der Waals surface area contributed by atoms with E-state index in [9.17, 15) is 31.6 Å². The fourth-order valence-electron chi connectivity index (χ4n) is 3.82. The maximum atomic E-state index is 13.2. The second-order valence-corrected chi connectivity index (χ2v) is 8.36. The molecule has 0 saturated carbocycles. The molecule has 0 aromatic heterocycles. The zero-order valence-electron chi connectivity index (χ0n) is 17.7. The second kappa shape index (κ2) is 8.97. The van der Waals surface area contributed by atoms with Crippen LogP contribution in [0.4, 0.5) is 26.3 Å². The van der Waals surface area contributed by atoms with E-state index in [1.807, 2.05) is 18.2 Å². The summed E-state index contributed by atoms with van der Waals surface area (Å²) in [5, 5.41) is 12.5. The van der Waals surface area contributed by atoms with Gasteiger partial charge >= 0.3 is 12.4 Å². The van der Waals surface area contributed by atoms with Gasteiger partial charge in [0, 0.05) is 6.54 Å². The zero-order valence-corrected chi connectivity index (χ0v) is 17.7. The third kappa shape index (κ3) is 5.66. The number of rotatable bonds is 5. The van der Waals surface area contributed by atoms with E-state index in [2.05, 4.69) is 11.4 Å². The number of alkyl halides is 6. The lowest BCUT2D eigenvalue weighted by Gasteiger charge is -2.44. The third-order valence-electron chi connectivity index (χ3n) is 5.95. The van der Waals surface area contributed by atoms with Gasteiger partial charge in [-0.25, -0.2) is 0 Å². The molecule has 1 aliphatic rings. The lowest BCUT2D eigenvalue weighted by atomic mass is 9.77.